The zero-order chi connectivity index (χ0) is 15.3. The summed E-state index contributed by atoms with van der Waals surface area (Å²) in [4.78, 5) is 13.0. The molecule has 1 aromatic rings. The third-order valence-electron chi connectivity index (χ3n) is 6.24. The lowest BCUT2D eigenvalue weighted by Crippen LogP contribution is -2.53. The van der Waals surface area contributed by atoms with Gasteiger partial charge in [-0.05, 0) is 80.9 Å². The molecule has 1 amide bonds. The Balaban J connectivity index is 1.49. The molecule has 4 aliphatic rings. The zero-order valence-corrected chi connectivity index (χ0v) is 14.7. The van der Waals surface area contributed by atoms with Gasteiger partial charge in [-0.2, -0.15) is 0 Å². The Kier molecular flexibility index (Phi) is 3.60. The van der Waals surface area contributed by atoms with Gasteiger partial charge in [0.25, 0.3) is 0 Å². The van der Waals surface area contributed by atoms with Crippen LogP contribution in [0.25, 0.3) is 0 Å². The lowest BCUT2D eigenvalue weighted by Gasteiger charge is -2.55. The maximum atomic E-state index is 13.0. The molecule has 4 fully saturated rings. The Morgan fingerprint density at radius 1 is 1.09 bits per heavy atom. The van der Waals surface area contributed by atoms with Crippen LogP contribution in [0.5, 0.6) is 0 Å². The van der Waals surface area contributed by atoms with Crippen LogP contribution in [0, 0.1) is 23.2 Å². The summed E-state index contributed by atoms with van der Waals surface area (Å²) in [6.07, 6.45) is 7.56. The number of carbonyl (C=O) groups is 1. The largest absolute Gasteiger partial charge is 0.349 e. The standard InChI is InChI=1S/C19H24BrNO/c1-12(16-2-4-17(20)5-3-16)21-18(22)19-9-13-6-14(10-19)8-15(7-13)11-19/h2-5,12-15H,6-11H2,1H3,(H,21,22)/t12-,13?,14?,15?,19?/m1/s1. The summed E-state index contributed by atoms with van der Waals surface area (Å²) in [6.45, 7) is 2.10. The van der Waals surface area contributed by atoms with E-state index in [9.17, 15) is 4.79 Å². The van der Waals surface area contributed by atoms with Gasteiger partial charge in [-0.3, -0.25) is 4.79 Å². The Hall–Kier alpha value is -0.830. The first-order chi connectivity index (χ1) is 10.5. The van der Waals surface area contributed by atoms with E-state index in [-0.39, 0.29) is 11.5 Å². The topological polar surface area (TPSA) is 29.1 Å². The molecule has 0 aromatic heterocycles. The van der Waals surface area contributed by atoms with E-state index < -0.39 is 0 Å². The van der Waals surface area contributed by atoms with Gasteiger partial charge in [0, 0.05) is 9.89 Å². The Morgan fingerprint density at radius 2 is 1.59 bits per heavy atom. The molecule has 5 rings (SSSR count). The highest BCUT2D eigenvalue weighted by atomic mass is 79.9. The SMILES string of the molecule is C[C@@H](NC(=O)C12CC3CC(CC(C3)C1)C2)c1ccc(Br)cc1. The van der Waals surface area contributed by atoms with E-state index in [1.54, 1.807) is 0 Å². The lowest BCUT2D eigenvalue weighted by molar-refractivity contribution is -0.147. The molecule has 0 heterocycles. The highest BCUT2D eigenvalue weighted by molar-refractivity contribution is 9.10. The maximum Gasteiger partial charge on any atom is 0.226 e. The molecular formula is C19H24BrNO. The molecule has 1 atom stereocenters. The molecule has 22 heavy (non-hydrogen) atoms. The molecule has 1 N–H and O–H groups in total. The van der Waals surface area contributed by atoms with Gasteiger partial charge in [0.05, 0.1) is 6.04 Å². The molecule has 118 valence electrons. The van der Waals surface area contributed by atoms with Crippen LogP contribution in [0.3, 0.4) is 0 Å². The molecule has 4 bridgehead atoms. The minimum absolute atomic E-state index is 0.0433. The summed E-state index contributed by atoms with van der Waals surface area (Å²) in [5.41, 5.74) is 1.14. The van der Waals surface area contributed by atoms with Crippen LogP contribution >= 0.6 is 15.9 Å². The predicted octanol–water partition coefficient (Wildman–Crippen LogP) is 4.84. The summed E-state index contributed by atoms with van der Waals surface area (Å²) in [5.74, 6) is 2.78. The number of benzene rings is 1. The smallest absolute Gasteiger partial charge is 0.226 e. The first-order valence-corrected chi connectivity index (χ1v) is 9.40. The maximum absolute atomic E-state index is 13.0. The second-order valence-corrected chi connectivity index (χ2v) is 8.86. The molecule has 3 heteroatoms. The molecule has 0 radical (unpaired) electrons. The van der Waals surface area contributed by atoms with Crippen molar-refractivity contribution in [2.75, 3.05) is 0 Å². The van der Waals surface area contributed by atoms with E-state index >= 15 is 0 Å². The van der Waals surface area contributed by atoms with E-state index in [1.165, 1.54) is 24.8 Å². The third-order valence-corrected chi connectivity index (χ3v) is 6.77. The number of halogens is 1. The van der Waals surface area contributed by atoms with E-state index in [1.807, 2.05) is 12.1 Å². The van der Waals surface area contributed by atoms with Gasteiger partial charge in [0.1, 0.15) is 0 Å². The van der Waals surface area contributed by atoms with Crippen molar-refractivity contribution in [1.29, 1.82) is 0 Å². The van der Waals surface area contributed by atoms with Crippen LogP contribution in [0.4, 0.5) is 0 Å². The molecule has 0 saturated heterocycles. The number of nitrogens with one attached hydrogen (secondary N) is 1. The van der Waals surface area contributed by atoms with Crippen LogP contribution in [-0.4, -0.2) is 5.91 Å². The van der Waals surface area contributed by atoms with Crippen LogP contribution in [0.15, 0.2) is 28.7 Å². The second kappa shape index (κ2) is 5.36. The Labute approximate surface area is 141 Å². The Bertz CT molecular complexity index is 544. The summed E-state index contributed by atoms with van der Waals surface area (Å²) >= 11 is 3.47. The van der Waals surface area contributed by atoms with Crippen LogP contribution in [0.1, 0.15) is 57.1 Å². The molecular weight excluding hydrogens is 338 g/mol. The fourth-order valence-electron chi connectivity index (χ4n) is 5.57. The first-order valence-electron chi connectivity index (χ1n) is 8.60. The molecule has 0 spiro atoms. The summed E-state index contributed by atoms with van der Waals surface area (Å²) in [6, 6.07) is 8.36. The molecule has 0 unspecified atom stereocenters. The predicted molar refractivity (Wildman–Crippen MR) is 91.3 cm³/mol. The van der Waals surface area contributed by atoms with E-state index in [4.69, 9.17) is 0 Å². The molecule has 2 nitrogen and oxygen atoms in total. The molecule has 0 aliphatic heterocycles. The molecule has 4 saturated carbocycles. The number of rotatable bonds is 3. The number of amides is 1. The van der Waals surface area contributed by atoms with E-state index in [0.29, 0.717) is 5.91 Å². The fourth-order valence-corrected chi connectivity index (χ4v) is 5.84. The van der Waals surface area contributed by atoms with Crippen LogP contribution in [-0.2, 0) is 4.79 Å². The van der Waals surface area contributed by atoms with Crippen molar-refractivity contribution in [2.24, 2.45) is 23.2 Å². The van der Waals surface area contributed by atoms with Gasteiger partial charge in [0.15, 0.2) is 0 Å². The van der Waals surface area contributed by atoms with Crippen molar-refractivity contribution < 1.29 is 4.79 Å². The number of hydrogen-bond donors (Lipinski definition) is 1. The summed E-state index contributed by atoms with van der Waals surface area (Å²) in [5, 5.41) is 3.32. The van der Waals surface area contributed by atoms with Crippen molar-refractivity contribution in [3.8, 4) is 0 Å². The monoisotopic (exact) mass is 361 g/mol. The van der Waals surface area contributed by atoms with Gasteiger partial charge < -0.3 is 5.32 Å². The number of hydrogen-bond acceptors (Lipinski definition) is 1. The van der Waals surface area contributed by atoms with Gasteiger partial charge in [-0.15, -0.1) is 0 Å². The molecule has 1 aromatic carbocycles. The van der Waals surface area contributed by atoms with Gasteiger partial charge in [-0.25, -0.2) is 0 Å². The highest BCUT2D eigenvalue weighted by Gasteiger charge is 2.54. The van der Waals surface area contributed by atoms with E-state index in [2.05, 4.69) is 40.3 Å². The third kappa shape index (κ3) is 2.51. The van der Waals surface area contributed by atoms with Crippen LogP contribution in [0.2, 0.25) is 0 Å². The van der Waals surface area contributed by atoms with Crippen molar-refractivity contribution >= 4 is 21.8 Å². The average Bonchev–Trinajstić information content (AvgIpc) is 2.46. The zero-order valence-electron chi connectivity index (χ0n) is 13.1. The van der Waals surface area contributed by atoms with Gasteiger partial charge in [0.2, 0.25) is 5.91 Å². The summed E-state index contributed by atoms with van der Waals surface area (Å²) in [7, 11) is 0. The quantitative estimate of drug-likeness (QED) is 0.819. The van der Waals surface area contributed by atoms with Crippen molar-refractivity contribution in [1.82, 2.24) is 5.32 Å². The molecule has 4 aliphatic carbocycles. The van der Waals surface area contributed by atoms with Crippen molar-refractivity contribution in [3.63, 3.8) is 0 Å². The van der Waals surface area contributed by atoms with E-state index in [0.717, 1.165) is 41.5 Å². The minimum atomic E-state index is -0.0433. The summed E-state index contributed by atoms with van der Waals surface area (Å²) < 4.78 is 1.08. The van der Waals surface area contributed by atoms with Crippen LogP contribution < -0.4 is 5.32 Å². The fraction of sp³-hybridized carbons (Fsp3) is 0.632. The Morgan fingerprint density at radius 3 is 2.09 bits per heavy atom. The normalized spacial score (nSPS) is 37.1. The first kappa shape index (κ1) is 14.7. The number of carbonyl (C=O) groups excluding carboxylic acids is 1. The lowest BCUT2D eigenvalue weighted by atomic mass is 9.49. The highest BCUT2D eigenvalue weighted by Crippen LogP contribution is 2.60. The average molecular weight is 362 g/mol. The van der Waals surface area contributed by atoms with Crippen molar-refractivity contribution in [2.45, 2.75) is 51.5 Å². The second-order valence-electron chi connectivity index (χ2n) is 7.94. The van der Waals surface area contributed by atoms with Gasteiger partial charge >= 0.3 is 0 Å². The van der Waals surface area contributed by atoms with Gasteiger partial charge in [-0.1, -0.05) is 28.1 Å². The minimum Gasteiger partial charge on any atom is -0.349 e. The van der Waals surface area contributed by atoms with Crippen molar-refractivity contribution in [3.05, 3.63) is 34.3 Å².